The number of aromatic amines is 1. The van der Waals surface area contributed by atoms with Gasteiger partial charge in [-0.3, -0.25) is 0 Å². The molecule has 3 heteroatoms. The van der Waals surface area contributed by atoms with Gasteiger partial charge < -0.3 is 15.5 Å². The van der Waals surface area contributed by atoms with E-state index in [1.165, 1.54) is 30.2 Å². The number of aromatic nitrogens is 1. The lowest BCUT2D eigenvalue weighted by atomic mass is 10.1. The first kappa shape index (κ1) is 13.9. The van der Waals surface area contributed by atoms with Crippen LogP contribution in [-0.4, -0.2) is 18.1 Å². The minimum absolute atomic E-state index is 0.676. The second-order valence-corrected chi connectivity index (χ2v) is 4.97. The number of benzene rings is 1. The molecule has 0 amide bonds. The average molecular weight is 260 g/mol. The van der Waals surface area contributed by atoms with Crippen molar-refractivity contribution in [2.45, 2.75) is 39.0 Å². The lowest BCUT2D eigenvalue weighted by Gasteiger charge is -2.06. The first-order chi connectivity index (χ1) is 9.35. The zero-order valence-electron chi connectivity index (χ0n) is 11.7. The highest BCUT2D eigenvalue weighted by atomic mass is 16.5. The number of hydrogen-bond acceptors (Lipinski definition) is 2. The van der Waals surface area contributed by atoms with Crippen LogP contribution in [0.15, 0.2) is 24.4 Å². The van der Waals surface area contributed by atoms with Gasteiger partial charge in [-0.05, 0) is 43.1 Å². The Morgan fingerprint density at radius 1 is 1.21 bits per heavy atom. The van der Waals surface area contributed by atoms with Crippen LogP contribution in [-0.2, 0) is 6.42 Å². The molecule has 0 spiro atoms. The topological polar surface area (TPSA) is 51.0 Å². The van der Waals surface area contributed by atoms with Crippen LogP contribution in [0.2, 0.25) is 0 Å². The monoisotopic (exact) mass is 260 g/mol. The number of H-pyrrole nitrogens is 1. The molecular weight excluding hydrogens is 236 g/mol. The molecule has 104 valence electrons. The van der Waals surface area contributed by atoms with E-state index < -0.39 is 0 Å². The molecule has 1 aromatic heterocycles. The van der Waals surface area contributed by atoms with E-state index in [0.717, 1.165) is 30.7 Å². The van der Waals surface area contributed by atoms with Crippen LogP contribution >= 0.6 is 0 Å². The Morgan fingerprint density at radius 3 is 2.89 bits per heavy atom. The molecule has 0 saturated heterocycles. The van der Waals surface area contributed by atoms with Gasteiger partial charge >= 0.3 is 0 Å². The second-order valence-electron chi connectivity index (χ2n) is 4.97. The molecule has 1 aromatic carbocycles. The molecule has 3 nitrogen and oxygen atoms in total. The number of ether oxygens (including phenoxy) is 1. The van der Waals surface area contributed by atoms with Crippen LogP contribution in [0.25, 0.3) is 10.9 Å². The quantitative estimate of drug-likeness (QED) is 0.712. The fourth-order valence-corrected chi connectivity index (χ4v) is 2.33. The van der Waals surface area contributed by atoms with E-state index in [9.17, 15) is 0 Å². The summed E-state index contributed by atoms with van der Waals surface area (Å²) in [6.45, 7) is 3.71. The molecule has 19 heavy (non-hydrogen) atoms. The zero-order valence-corrected chi connectivity index (χ0v) is 11.7. The maximum Gasteiger partial charge on any atom is 0.120 e. The van der Waals surface area contributed by atoms with Crippen molar-refractivity contribution in [3.63, 3.8) is 0 Å². The molecule has 0 unspecified atom stereocenters. The standard InChI is InChI=1S/C16H24N2O/c1-2-3-4-5-10-19-14-6-7-16-15(11-14)13(8-9-17)12-18-16/h6-7,11-12,18H,2-5,8-10,17H2,1H3. The summed E-state index contributed by atoms with van der Waals surface area (Å²) >= 11 is 0. The molecule has 0 fully saturated rings. The van der Waals surface area contributed by atoms with Gasteiger partial charge in [0.1, 0.15) is 5.75 Å². The van der Waals surface area contributed by atoms with Gasteiger partial charge in [-0.25, -0.2) is 0 Å². The van der Waals surface area contributed by atoms with Gasteiger partial charge in [0, 0.05) is 17.1 Å². The molecule has 2 aromatic rings. The Hall–Kier alpha value is -1.48. The number of unbranched alkanes of at least 4 members (excludes halogenated alkanes) is 3. The minimum atomic E-state index is 0.676. The summed E-state index contributed by atoms with van der Waals surface area (Å²) in [7, 11) is 0. The van der Waals surface area contributed by atoms with Crippen molar-refractivity contribution >= 4 is 10.9 Å². The fourth-order valence-electron chi connectivity index (χ4n) is 2.33. The normalized spacial score (nSPS) is 11.1. The van der Waals surface area contributed by atoms with Gasteiger partial charge in [0.05, 0.1) is 6.61 Å². The lowest BCUT2D eigenvalue weighted by Crippen LogP contribution is -2.02. The SMILES string of the molecule is CCCCCCOc1ccc2[nH]cc(CCN)c2c1. The molecule has 0 aliphatic carbocycles. The third kappa shape index (κ3) is 3.74. The van der Waals surface area contributed by atoms with Crippen molar-refractivity contribution in [3.8, 4) is 5.75 Å². The molecule has 0 radical (unpaired) electrons. The van der Waals surface area contributed by atoms with Crippen LogP contribution in [0.5, 0.6) is 5.75 Å². The molecule has 3 N–H and O–H groups in total. The van der Waals surface area contributed by atoms with Gasteiger partial charge in [0.15, 0.2) is 0 Å². The molecule has 0 saturated carbocycles. The molecule has 0 atom stereocenters. The van der Waals surface area contributed by atoms with Gasteiger partial charge in [0.2, 0.25) is 0 Å². The summed E-state index contributed by atoms with van der Waals surface area (Å²) in [5, 5.41) is 1.23. The van der Waals surface area contributed by atoms with Gasteiger partial charge in [-0.1, -0.05) is 26.2 Å². The number of nitrogens with one attached hydrogen (secondary N) is 1. The number of hydrogen-bond donors (Lipinski definition) is 2. The second kappa shape index (κ2) is 7.19. The van der Waals surface area contributed by atoms with E-state index in [1.54, 1.807) is 0 Å². The zero-order chi connectivity index (χ0) is 13.5. The molecule has 2 rings (SSSR count). The van der Waals surface area contributed by atoms with Crippen molar-refractivity contribution in [3.05, 3.63) is 30.0 Å². The predicted molar refractivity (Wildman–Crippen MR) is 80.7 cm³/mol. The summed E-state index contributed by atoms with van der Waals surface area (Å²) in [6, 6.07) is 6.23. The Labute approximate surface area is 115 Å². The van der Waals surface area contributed by atoms with Crippen molar-refractivity contribution in [2.24, 2.45) is 5.73 Å². The average Bonchev–Trinajstić information content (AvgIpc) is 2.82. The fraction of sp³-hybridized carbons (Fsp3) is 0.500. The number of rotatable bonds is 8. The number of fused-ring (bicyclic) bond motifs is 1. The van der Waals surface area contributed by atoms with Crippen molar-refractivity contribution in [1.82, 2.24) is 4.98 Å². The van der Waals surface area contributed by atoms with Crippen LogP contribution in [0.4, 0.5) is 0 Å². The van der Waals surface area contributed by atoms with Crippen LogP contribution < -0.4 is 10.5 Å². The first-order valence-corrected chi connectivity index (χ1v) is 7.28. The summed E-state index contributed by atoms with van der Waals surface area (Å²) in [5.74, 6) is 0.960. The highest BCUT2D eigenvalue weighted by Crippen LogP contribution is 2.24. The third-order valence-electron chi connectivity index (χ3n) is 3.42. The largest absolute Gasteiger partial charge is 0.494 e. The third-order valence-corrected chi connectivity index (χ3v) is 3.42. The van der Waals surface area contributed by atoms with Gasteiger partial charge in [-0.2, -0.15) is 0 Å². The minimum Gasteiger partial charge on any atom is -0.494 e. The van der Waals surface area contributed by atoms with E-state index in [0.29, 0.717) is 6.54 Å². The highest BCUT2D eigenvalue weighted by molar-refractivity contribution is 5.84. The van der Waals surface area contributed by atoms with Crippen LogP contribution in [0.1, 0.15) is 38.2 Å². The Morgan fingerprint density at radius 2 is 2.11 bits per heavy atom. The van der Waals surface area contributed by atoms with E-state index in [1.807, 2.05) is 12.3 Å². The maximum atomic E-state index is 5.82. The van der Waals surface area contributed by atoms with Crippen LogP contribution in [0, 0.1) is 0 Å². The Kier molecular flexibility index (Phi) is 5.28. The first-order valence-electron chi connectivity index (χ1n) is 7.28. The summed E-state index contributed by atoms with van der Waals surface area (Å²) in [5.41, 5.74) is 8.06. The van der Waals surface area contributed by atoms with Crippen LogP contribution in [0.3, 0.4) is 0 Å². The Balaban J connectivity index is 1.97. The van der Waals surface area contributed by atoms with Gasteiger partial charge in [-0.15, -0.1) is 0 Å². The van der Waals surface area contributed by atoms with Gasteiger partial charge in [0.25, 0.3) is 0 Å². The summed E-state index contributed by atoms with van der Waals surface area (Å²) in [4.78, 5) is 3.27. The Bertz CT molecular complexity index is 504. The molecule has 0 aliphatic heterocycles. The van der Waals surface area contributed by atoms with E-state index >= 15 is 0 Å². The summed E-state index contributed by atoms with van der Waals surface area (Å²) in [6.07, 6.45) is 7.89. The smallest absolute Gasteiger partial charge is 0.120 e. The van der Waals surface area contributed by atoms with E-state index in [-0.39, 0.29) is 0 Å². The predicted octanol–water partition coefficient (Wildman–Crippen LogP) is 3.63. The molecule has 0 bridgehead atoms. The van der Waals surface area contributed by atoms with Crippen molar-refractivity contribution in [1.29, 1.82) is 0 Å². The molecule has 0 aliphatic rings. The summed E-state index contributed by atoms with van der Waals surface area (Å²) < 4.78 is 5.82. The maximum absolute atomic E-state index is 5.82. The van der Waals surface area contributed by atoms with E-state index in [2.05, 4.69) is 24.0 Å². The molecular formula is C16H24N2O. The highest BCUT2D eigenvalue weighted by Gasteiger charge is 2.04. The van der Waals surface area contributed by atoms with E-state index in [4.69, 9.17) is 10.5 Å². The number of nitrogens with two attached hydrogens (primary N) is 1. The molecule has 1 heterocycles. The lowest BCUT2D eigenvalue weighted by molar-refractivity contribution is 0.305. The van der Waals surface area contributed by atoms with Crippen molar-refractivity contribution < 1.29 is 4.74 Å². The van der Waals surface area contributed by atoms with Crippen molar-refractivity contribution in [2.75, 3.05) is 13.2 Å².